The van der Waals surface area contributed by atoms with Gasteiger partial charge in [0.1, 0.15) is 0 Å². The molecule has 1 unspecified atom stereocenters. The van der Waals surface area contributed by atoms with E-state index < -0.39 is 0 Å². The van der Waals surface area contributed by atoms with Crippen molar-refractivity contribution in [3.05, 3.63) is 34.8 Å². The molecule has 14 heavy (non-hydrogen) atoms. The number of thiophene rings is 1. The number of hydrogen-bond donors (Lipinski definition) is 2. The molecule has 0 bridgehead atoms. The zero-order chi connectivity index (χ0) is 9.80. The van der Waals surface area contributed by atoms with E-state index in [1.165, 1.54) is 5.56 Å². The first kappa shape index (κ1) is 9.76. The van der Waals surface area contributed by atoms with Gasteiger partial charge in [0.25, 0.3) is 0 Å². The van der Waals surface area contributed by atoms with Crippen LogP contribution in [0.4, 0.5) is 0 Å². The van der Waals surface area contributed by atoms with Crippen LogP contribution >= 0.6 is 23.1 Å². The Morgan fingerprint density at radius 2 is 2.57 bits per heavy atom. The number of nitrogens with two attached hydrogens (primary N) is 1. The fraction of sp³-hybridized carbons (Fsp3) is 0.222. The quantitative estimate of drug-likeness (QED) is 0.785. The molecule has 1 atom stereocenters. The van der Waals surface area contributed by atoms with Crippen molar-refractivity contribution in [1.82, 2.24) is 9.97 Å². The molecule has 2 rings (SSSR count). The summed E-state index contributed by atoms with van der Waals surface area (Å²) < 4.78 is 0. The SMILES string of the molecule is NCC(Sc1ncc[nH]1)c1ccsc1. The molecule has 0 saturated heterocycles. The van der Waals surface area contributed by atoms with Crippen LogP contribution in [0, 0.1) is 0 Å². The molecule has 0 aliphatic carbocycles. The molecule has 2 heterocycles. The Bertz CT molecular complexity index is 355. The molecule has 3 nitrogen and oxygen atoms in total. The standard InChI is InChI=1S/C9H11N3S2/c10-5-8(7-1-4-13-6-7)14-9-11-2-3-12-9/h1-4,6,8H,5,10H2,(H,11,12). The van der Waals surface area contributed by atoms with Crippen LogP contribution in [0.15, 0.2) is 34.4 Å². The van der Waals surface area contributed by atoms with Crippen molar-refractivity contribution in [1.29, 1.82) is 0 Å². The van der Waals surface area contributed by atoms with Crippen LogP contribution < -0.4 is 5.73 Å². The molecule has 0 aliphatic heterocycles. The first-order valence-electron chi connectivity index (χ1n) is 4.28. The normalized spacial score (nSPS) is 12.9. The van der Waals surface area contributed by atoms with Crippen LogP contribution in [0.5, 0.6) is 0 Å². The number of rotatable bonds is 4. The minimum atomic E-state index is 0.299. The average Bonchev–Trinajstić information content (AvgIpc) is 2.86. The number of imidazole rings is 1. The Kier molecular flexibility index (Phi) is 3.23. The molecular formula is C9H11N3S2. The molecule has 0 fully saturated rings. The van der Waals surface area contributed by atoms with E-state index in [2.05, 4.69) is 26.8 Å². The Labute approximate surface area is 90.8 Å². The Morgan fingerprint density at radius 1 is 1.64 bits per heavy atom. The molecule has 74 valence electrons. The summed E-state index contributed by atoms with van der Waals surface area (Å²) in [6, 6.07) is 2.11. The molecule has 2 aromatic heterocycles. The second-order valence-corrected chi connectivity index (χ2v) is 4.76. The summed E-state index contributed by atoms with van der Waals surface area (Å²) in [6.45, 7) is 0.627. The molecule has 0 radical (unpaired) electrons. The van der Waals surface area contributed by atoms with Crippen LogP contribution in [-0.2, 0) is 0 Å². The highest BCUT2D eigenvalue weighted by atomic mass is 32.2. The fourth-order valence-corrected chi connectivity index (χ4v) is 2.87. The lowest BCUT2D eigenvalue weighted by Crippen LogP contribution is -2.08. The summed E-state index contributed by atoms with van der Waals surface area (Å²) in [7, 11) is 0. The molecule has 0 spiro atoms. The largest absolute Gasteiger partial charge is 0.340 e. The third-order valence-electron chi connectivity index (χ3n) is 1.86. The summed E-state index contributed by atoms with van der Waals surface area (Å²) in [6.07, 6.45) is 3.58. The van der Waals surface area contributed by atoms with Crippen molar-refractivity contribution in [3.63, 3.8) is 0 Å². The van der Waals surface area contributed by atoms with Crippen LogP contribution in [0.3, 0.4) is 0 Å². The highest BCUT2D eigenvalue weighted by Gasteiger charge is 2.12. The lowest BCUT2D eigenvalue weighted by molar-refractivity contribution is 0.931. The van der Waals surface area contributed by atoms with Crippen LogP contribution in [0.2, 0.25) is 0 Å². The van der Waals surface area contributed by atoms with Gasteiger partial charge in [0, 0.05) is 18.9 Å². The first-order valence-corrected chi connectivity index (χ1v) is 6.10. The van der Waals surface area contributed by atoms with Gasteiger partial charge >= 0.3 is 0 Å². The predicted molar refractivity (Wildman–Crippen MR) is 60.6 cm³/mol. The number of aromatic nitrogens is 2. The summed E-state index contributed by atoms with van der Waals surface area (Å²) >= 11 is 3.36. The molecule has 0 aromatic carbocycles. The maximum Gasteiger partial charge on any atom is 0.165 e. The van der Waals surface area contributed by atoms with Gasteiger partial charge in [-0.05, 0) is 22.4 Å². The van der Waals surface area contributed by atoms with E-state index in [0.29, 0.717) is 11.8 Å². The predicted octanol–water partition coefficient (Wildman–Crippen LogP) is 2.26. The van der Waals surface area contributed by atoms with Crippen LogP contribution in [-0.4, -0.2) is 16.5 Å². The van der Waals surface area contributed by atoms with Crippen molar-refractivity contribution in [2.24, 2.45) is 5.73 Å². The Hall–Kier alpha value is -0.780. The van der Waals surface area contributed by atoms with Crippen molar-refractivity contribution >= 4 is 23.1 Å². The van der Waals surface area contributed by atoms with E-state index in [-0.39, 0.29) is 0 Å². The van der Waals surface area contributed by atoms with E-state index in [9.17, 15) is 0 Å². The third-order valence-corrected chi connectivity index (χ3v) is 3.75. The highest BCUT2D eigenvalue weighted by Crippen LogP contribution is 2.33. The summed E-state index contributed by atoms with van der Waals surface area (Å²) in [4.78, 5) is 7.23. The number of nitrogens with zero attached hydrogens (tertiary/aromatic N) is 1. The van der Waals surface area contributed by atoms with Crippen molar-refractivity contribution in [2.45, 2.75) is 10.4 Å². The van der Waals surface area contributed by atoms with E-state index in [4.69, 9.17) is 5.73 Å². The number of thioether (sulfide) groups is 1. The maximum absolute atomic E-state index is 5.72. The van der Waals surface area contributed by atoms with Gasteiger partial charge in [0.05, 0.1) is 5.25 Å². The fourth-order valence-electron chi connectivity index (χ4n) is 1.16. The molecule has 0 aliphatic rings. The van der Waals surface area contributed by atoms with Gasteiger partial charge < -0.3 is 10.7 Å². The zero-order valence-electron chi connectivity index (χ0n) is 7.51. The van der Waals surface area contributed by atoms with Gasteiger partial charge in [0.2, 0.25) is 0 Å². The van der Waals surface area contributed by atoms with Crippen LogP contribution in [0.25, 0.3) is 0 Å². The van der Waals surface area contributed by atoms with Gasteiger partial charge in [-0.15, -0.1) is 0 Å². The van der Waals surface area contributed by atoms with Gasteiger partial charge in [-0.3, -0.25) is 0 Å². The minimum absolute atomic E-state index is 0.299. The minimum Gasteiger partial charge on any atom is -0.340 e. The molecule has 5 heteroatoms. The van der Waals surface area contributed by atoms with Crippen molar-refractivity contribution < 1.29 is 0 Å². The molecule has 0 amide bonds. The average molecular weight is 225 g/mol. The number of H-pyrrole nitrogens is 1. The number of aromatic amines is 1. The zero-order valence-corrected chi connectivity index (χ0v) is 9.15. The van der Waals surface area contributed by atoms with Gasteiger partial charge in [-0.25, -0.2) is 4.98 Å². The Morgan fingerprint density at radius 3 is 3.14 bits per heavy atom. The lowest BCUT2D eigenvalue weighted by atomic mass is 10.2. The van der Waals surface area contributed by atoms with Crippen molar-refractivity contribution in [3.8, 4) is 0 Å². The van der Waals surface area contributed by atoms with Gasteiger partial charge in [-0.1, -0.05) is 11.8 Å². The van der Waals surface area contributed by atoms with E-state index in [1.807, 2.05) is 6.20 Å². The summed E-state index contributed by atoms with van der Waals surface area (Å²) in [5, 5.41) is 5.42. The van der Waals surface area contributed by atoms with Crippen molar-refractivity contribution in [2.75, 3.05) is 6.54 Å². The topological polar surface area (TPSA) is 54.7 Å². The Balaban J connectivity index is 2.08. The second kappa shape index (κ2) is 4.63. The van der Waals surface area contributed by atoms with E-state index in [1.54, 1.807) is 29.3 Å². The van der Waals surface area contributed by atoms with Gasteiger partial charge in [-0.2, -0.15) is 11.3 Å². The second-order valence-electron chi connectivity index (χ2n) is 2.79. The smallest absolute Gasteiger partial charge is 0.165 e. The summed E-state index contributed by atoms with van der Waals surface area (Å²) in [5.74, 6) is 0. The van der Waals surface area contributed by atoms with E-state index >= 15 is 0 Å². The number of hydrogen-bond acceptors (Lipinski definition) is 4. The highest BCUT2D eigenvalue weighted by molar-refractivity contribution is 7.99. The maximum atomic E-state index is 5.72. The first-order chi connectivity index (χ1) is 6.90. The summed E-state index contributed by atoms with van der Waals surface area (Å²) in [5.41, 5.74) is 7.00. The van der Waals surface area contributed by atoms with Crippen LogP contribution in [0.1, 0.15) is 10.8 Å². The monoisotopic (exact) mass is 225 g/mol. The molecule has 3 N–H and O–H groups in total. The van der Waals surface area contributed by atoms with E-state index in [0.717, 1.165) is 5.16 Å². The van der Waals surface area contributed by atoms with Gasteiger partial charge in [0.15, 0.2) is 5.16 Å². The lowest BCUT2D eigenvalue weighted by Gasteiger charge is -2.10. The molecule has 0 saturated carbocycles. The third kappa shape index (κ3) is 2.17. The molecular weight excluding hydrogens is 214 g/mol. The number of nitrogens with one attached hydrogen (secondary N) is 1. The molecule has 2 aromatic rings.